The number of piperazine rings is 1. The van der Waals surface area contributed by atoms with Gasteiger partial charge in [-0.25, -0.2) is 4.79 Å². The lowest BCUT2D eigenvalue weighted by molar-refractivity contribution is -0.145. The highest BCUT2D eigenvalue weighted by atomic mass is 16.5. The zero-order chi connectivity index (χ0) is 23.1. The van der Waals surface area contributed by atoms with Crippen LogP contribution in [0.4, 0.5) is 0 Å². The Hall–Kier alpha value is -3.68. The summed E-state index contributed by atoms with van der Waals surface area (Å²) in [6, 6.07) is 14.3. The molecule has 0 unspecified atom stereocenters. The normalized spacial score (nSPS) is 18.8. The molecule has 1 aliphatic heterocycles. The van der Waals surface area contributed by atoms with Crippen LogP contribution in [0, 0.1) is 6.92 Å². The molecule has 3 amide bonds. The van der Waals surface area contributed by atoms with Gasteiger partial charge in [0.2, 0.25) is 17.7 Å². The number of esters is 1. The van der Waals surface area contributed by atoms with Crippen LogP contribution in [0.2, 0.25) is 0 Å². The van der Waals surface area contributed by atoms with E-state index < -0.39 is 35.9 Å². The quantitative estimate of drug-likeness (QED) is 0.529. The van der Waals surface area contributed by atoms with Gasteiger partial charge in [0.15, 0.2) is 0 Å². The van der Waals surface area contributed by atoms with Gasteiger partial charge in [0.25, 0.3) is 0 Å². The Bertz CT molecular complexity index is 975. The van der Waals surface area contributed by atoms with Crippen LogP contribution in [0.25, 0.3) is 0 Å². The Morgan fingerprint density at radius 1 is 0.938 bits per heavy atom. The molecule has 0 bridgehead atoms. The number of benzene rings is 2. The van der Waals surface area contributed by atoms with Crippen molar-refractivity contribution in [2.24, 2.45) is 0 Å². The second-order valence-corrected chi connectivity index (χ2v) is 7.85. The zero-order valence-electron chi connectivity index (χ0n) is 18.1. The molecule has 8 nitrogen and oxygen atoms in total. The van der Waals surface area contributed by atoms with E-state index in [2.05, 4.69) is 16.0 Å². The highest BCUT2D eigenvalue weighted by Crippen LogP contribution is 2.10. The van der Waals surface area contributed by atoms with Crippen LogP contribution in [-0.4, -0.2) is 48.9 Å². The molecule has 8 heteroatoms. The van der Waals surface area contributed by atoms with Gasteiger partial charge in [0.05, 0.1) is 13.5 Å². The zero-order valence-corrected chi connectivity index (χ0v) is 18.1. The summed E-state index contributed by atoms with van der Waals surface area (Å²) in [4.78, 5) is 49.6. The lowest BCUT2D eigenvalue weighted by Crippen LogP contribution is -2.63. The van der Waals surface area contributed by atoms with Gasteiger partial charge >= 0.3 is 5.97 Å². The third kappa shape index (κ3) is 6.16. The minimum atomic E-state index is -1.01. The monoisotopic (exact) mass is 437 g/mol. The van der Waals surface area contributed by atoms with Crippen LogP contribution in [0.3, 0.4) is 0 Å². The maximum Gasteiger partial charge on any atom is 0.328 e. The molecule has 2 aromatic rings. The summed E-state index contributed by atoms with van der Waals surface area (Å²) in [5.41, 5.74) is 2.86. The Labute approximate surface area is 186 Å². The first kappa shape index (κ1) is 23.0. The summed E-state index contributed by atoms with van der Waals surface area (Å²) in [6.07, 6.45) is 0.330. The van der Waals surface area contributed by atoms with Crippen molar-refractivity contribution in [1.29, 1.82) is 0 Å². The summed E-state index contributed by atoms with van der Waals surface area (Å²) in [5.74, 6) is -1.90. The maximum absolute atomic E-state index is 12.6. The third-order valence-electron chi connectivity index (χ3n) is 5.32. The van der Waals surface area contributed by atoms with Gasteiger partial charge in [-0.3, -0.25) is 14.4 Å². The van der Waals surface area contributed by atoms with Gasteiger partial charge in [0, 0.05) is 12.8 Å². The Balaban J connectivity index is 1.57. The molecule has 3 atom stereocenters. The molecule has 0 aromatic heterocycles. The molecule has 1 aliphatic rings. The first-order chi connectivity index (χ1) is 15.4. The molecule has 1 saturated heterocycles. The van der Waals surface area contributed by atoms with Crippen LogP contribution in [-0.2, 0) is 36.8 Å². The smallest absolute Gasteiger partial charge is 0.328 e. The van der Waals surface area contributed by atoms with Crippen LogP contribution in [0.1, 0.15) is 23.1 Å². The van der Waals surface area contributed by atoms with E-state index in [4.69, 9.17) is 4.74 Å². The van der Waals surface area contributed by atoms with Gasteiger partial charge in [-0.2, -0.15) is 0 Å². The fraction of sp³-hybridized carbons (Fsp3) is 0.333. The Morgan fingerprint density at radius 3 is 2.22 bits per heavy atom. The number of carbonyl (C=O) groups excluding carboxylic acids is 4. The minimum Gasteiger partial charge on any atom is -0.467 e. The molecule has 0 saturated carbocycles. The summed E-state index contributed by atoms with van der Waals surface area (Å²) in [6.45, 7) is 1.96. The first-order valence-electron chi connectivity index (χ1n) is 10.4. The molecule has 3 rings (SSSR count). The lowest BCUT2D eigenvalue weighted by atomic mass is 10.0. The molecular formula is C24H27N3O5. The second-order valence-electron chi connectivity index (χ2n) is 7.85. The standard InChI is InChI=1S/C24H27N3O5/c1-15-8-10-17(11-9-15)13-20(24(31)32-2)25-21(28)14-19-23(30)26-18(22(29)27-19)12-16-6-4-3-5-7-16/h3-11,18-20H,12-14H2,1-2H3,(H,25,28)(H,26,30)(H,27,29)/t18-,19-,20-/m0/s1. The van der Waals surface area contributed by atoms with Crippen LogP contribution in [0.15, 0.2) is 54.6 Å². The number of aryl methyl sites for hydroxylation is 1. The Morgan fingerprint density at radius 2 is 1.56 bits per heavy atom. The van der Waals surface area contributed by atoms with Gasteiger partial charge in [-0.1, -0.05) is 60.2 Å². The highest BCUT2D eigenvalue weighted by Gasteiger charge is 2.35. The molecular weight excluding hydrogens is 410 g/mol. The lowest BCUT2D eigenvalue weighted by Gasteiger charge is -2.29. The fourth-order valence-corrected chi connectivity index (χ4v) is 3.55. The van der Waals surface area contributed by atoms with Crippen molar-refractivity contribution in [3.8, 4) is 0 Å². The van der Waals surface area contributed by atoms with Crippen molar-refractivity contribution in [1.82, 2.24) is 16.0 Å². The average molecular weight is 437 g/mol. The van der Waals surface area contributed by atoms with Crippen LogP contribution in [0.5, 0.6) is 0 Å². The summed E-state index contributed by atoms with van der Waals surface area (Å²) < 4.78 is 4.81. The Kier molecular flexibility index (Phi) is 7.59. The van der Waals surface area contributed by atoms with E-state index in [9.17, 15) is 19.2 Å². The van der Waals surface area contributed by atoms with Crippen molar-refractivity contribution in [3.63, 3.8) is 0 Å². The highest BCUT2D eigenvalue weighted by molar-refractivity contribution is 5.99. The molecule has 1 fully saturated rings. The number of ether oxygens (including phenoxy) is 1. The van der Waals surface area contributed by atoms with Crippen molar-refractivity contribution in [2.45, 2.75) is 44.3 Å². The van der Waals surface area contributed by atoms with Gasteiger partial charge in [-0.15, -0.1) is 0 Å². The molecule has 2 aromatic carbocycles. The topological polar surface area (TPSA) is 114 Å². The molecule has 32 heavy (non-hydrogen) atoms. The molecule has 1 heterocycles. The predicted molar refractivity (Wildman–Crippen MR) is 117 cm³/mol. The largest absolute Gasteiger partial charge is 0.467 e. The summed E-state index contributed by atoms with van der Waals surface area (Å²) in [5, 5.41) is 7.91. The molecule has 168 valence electrons. The van der Waals surface area contributed by atoms with E-state index in [1.165, 1.54) is 7.11 Å². The van der Waals surface area contributed by atoms with Crippen molar-refractivity contribution >= 4 is 23.7 Å². The van der Waals surface area contributed by atoms with Gasteiger partial charge in [-0.05, 0) is 18.1 Å². The van der Waals surface area contributed by atoms with E-state index in [-0.39, 0.29) is 18.7 Å². The predicted octanol–water partition coefficient (Wildman–Crippen LogP) is 0.811. The fourth-order valence-electron chi connectivity index (χ4n) is 3.55. The van der Waals surface area contributed by atoms with Crippen LogP contribution >= 0.6 is 0 Å². The maximum atomic E-state index is 12.6. The first-order valence-corrected chi connectivity index (χ1v) is 10.4. The van der Waals surface area contributed by atoms with E-state index in [1.807, 2.05) is 61.5 Å². The minimum absolute atomic E-state index is 0.251. The number of carbonyl (C=O) groups is 4. The molecule has 0 aliphatic carbocycles. The van der Waals surface area contributed by atoms with Crippen molar-refractivity contribution in [2.75, 3.05) is 7.11 Å². The third-order valence-corrected chi connectivity index (χ3v) is 5.32. The van der Waals surface area contributed by atoms with Gasteiger partial charge < -0.3 is 20.7 Å². The number of rotatable bonds is 8. The van der Waals surface area contributed by atoms with Gasteiger partial charge in [0.1, 0.15) is 18.1 Å². The van der Waals surface area contributed by atoms with E-state index in [0.29, 0.717) is 6.42 Å². The van der Waals surface area contributed by atoms with Crippen molar-refractivity contribution < 1.29 is 23.9 Å². The van der Waals surface area contributed by atoms with E-state index in [1.54, 1.807) is 0 Å². The second kappa shape index (κ2) is 10.6. The molecule has 3 N–H and O–H groups in total. The number of nitrogens with one attached hydrogen (secondary N) is 3. The van der Waals surface area contributed by atoms with Crippen LogP contribution < -0.4 is 16.0 Å². The number of amides is 3. The molecule has 0 radical (unpaired) electrons. The summed E-state index contributed by atoms with van der Waals surface area (Å²) >= 11 is 0. The number of hydrogen-bond donors (Lipinski definition) is 3. The number of hydrogen-bond acceptors (Lipinski definition) is 5. The number of methoxy groups -OCH3 is 1. The SMILES string of the molecule is COC(=O)[C@H](Cc1ccc(C)cc1)NC(=O)C[C@@H]1NC(=O)[C@H](Cc2ccccc2)NC1=O. The summed E-state index contributed by atoms with van der Waals surface area (Å²) in [7, 11) is 1.25. The molecule has 0 spiro atoms. The van der Waals surface area contributed by atoms with Crippen molar-refractivity contribution in [3.05, 3.63) is 71.3 Å². The average Bonchev–Trinajstić information content (AvgIpc) is 2.78. The van der Waals surface area contributed by atoms with E-state index >= 15 is 0 Å². The van der Waals surface area contributed by atoms with E-state index in [0.717, 1.165) is 16.7 Å².